The number of allylic oxidation sites excluding steroid dienone is 2. The lowest BCUT2D eigenvalue weighted by atomic mass is 9.78. The number of sulfonamides is 1. The Kier molecular flexibility index (Phi) is 8.84. The van der Waals surface area contributed by atoms with Crippen LogP contribution < -0.4 is 4.72 Å². The van der Waals surface area contributed by atoms with Crippen LogP contribution in [0.4, 0.5) is 0 Å². The number of thiophene rings is 1. The van der Waals surface area contributed by atoms with Gasteiger partial charge in [0.05, 0.1) is 16.0 Å². The lowest BCUT2D eigenvalue weighted by Gasteiger charge is -2.39. The van der Waals surface area contributed by atoms with Crippen LogP contribution in [0.1, 0.15) is 46.0 Å². The third kappa shape index (κ3) is 6.22. The van der Waals surface area contributed by atoms with Crippen molar-refractivity contribution in [3.63, 3.8) is 0 Å². The molecule has 0 spiro atoms. The average Bonchev–Trinajstić information content (AvgIpc) is 3.02. The number of halogens is 1. The Morgan fingerprint density at radius 2 is 1.88 bits per heavy atom. The zero-order valence-corrected chi connectivity index (χ0v) is 17.3. The summed E-state index contributed by atoms with van der Waals surface area (Å²) in [7, 11) is -3.75. The minimum atomic E-state index is -3.75. The number of hydrogen-bond donors (Lipinski definition) is 2. The molecule has 1 heterocycles. The smallest absolute Gasteiger partial charge is 0.250 e. The fraction of sp³-hybridized carbons (Fsp3) is 0.556. The molecule has 0 aliphatic rings. The molecule has 0 radical (unpaired) electrons. The Bertz CT molecular complexity index is 658. The van der Waals surface area contributed by atoms with E-state index < -0.39 is 21.7 Å². The molecule has 1 rings (SSSR count). The zero-order valence-electron chi connectivity index (χ0n) is 14.9. The van der Waals surface area contributed by atoms with Crippen LogP contribution in [-0.2, 0) is 10.0 Å². The van der Waals surface area contributed by atoms with E-state index in [2.05, 4.69) is 17.9 Å². The molecular formula is C18H28ClNO3S2. The second kappa shape index (κ2) is 9.88. The van der Waals surface area contributed by atoms with Gasteiger partial charge in [-0.25, -0.2) is 13.1 Å². The van der Waals surface area contributed by atoms with Gasteiger partial charge in [-0.3, -0.25) is 0 Å². The Morgan fingerprint density at radius 3 is 2.28 bits per heavy atom. The fourth-order valence-corrected chi connectivity index (χ4v) is 5.71. The Balaban J connectivity index is 3.19. The summed E-state index contributed by atoms with van der Waals surface area (Å²) in [5.74, 6) is -0.0372. The van der Waals surface area contributed by atoms with Crippen LogP contribution in [0.25, 0.3) is 0 Å². The summed E-state index contributed by atoms with van der Waals surface area (Å²) >= 11 is 6.88. The molecule has 2 N–H and O–H groups in total. The van der Waals surface area contributed by atoms with Crippen molar-refractivity contribution in [1.82, 2.24) is 4.72 Å². The highest BCUT2D eigenvalue weighted by molar-refractivity contribution is 7.91. The van der Waals surface area contributed by atoms with Crippen molar-refractivity contribution < 1.29 is 13.5 Å². The number of hydrogen-bond acceptors (Lipinski definition) is 4. The van der Waals surface area contributed by atoms with Crippen molar-refractivity contribution >= 4 is 33.0 Å². The quantitative estimate of drug-likeness (QED) is 0.493. The van der Waals surface area contributed by atoms with Crippen LogP contribution in [-0.4, -0.2) is 25.2 Å². The number of aliphatic hydroxyl groups is 1. The Labute approximate surface area is 160 Å². The summed E-state index contributed by atoms with van der Waals surface area (Å²) in [5.41, 5.74) is -1.17. The van der Waals surface area contributed by atoms with Crippen LogP contribution in [0.2, 0.25) is 4.34 Å². The van der Waals surface area contributed by atoms with Crippen molar-refractivity contribution in [2.75, 3.05) is 0 Å². The zero-order chi connectivity index (χ0) is 19.1. The van der Waals surface area contributed by atoms with Gasteiger partial charge in [-0.2, -0.15) is 0 Å². The van der Waals surface area contributed by atoms with Gasteiger partial charge in [-0.05, 0) is 43.7 Å². The first kappa shape index (κ1) is 22.4. The number of rotatable bonds is 12. The van der Waals surface area contributed by atoms with Crippen LogP contribution in [0.15, 0.2) is 41.7 Å². The molecule has 0 unspecified atom stereocenters. The summed E-state index contributed by atoms with van der Waals surface area (Å²) in [4.78, 5) is 0. The molecule has 0 aliphatic heterocycles. The van der Waals surface area contributed by atoms with Crippen LogP contribution in [0, 0.1) is 5.92 Å². The number of nitrogens with one attached hydrogen (secondary N) is 1. The van der Waals surface area contributed by atoms with E-state index in [1.54, 1.807) is 18.2 Å². The predicted octanol–water partition coefficient (Wildman–Crippen LogP) is 4.76. The lowest BCUT2D eigenvalue weighted by molar-refractivity contribution is -0.0225. The van der Waals surface area contributed by atoms with Gasteiger partial charge in [0.15, 0.2) is 0 Å². The first-order chi connectivity index (χ1) is 11.7. The molecule has 1 aromatic heterocycles. The molecular weight excluding hydrogens is 378 g/mol. The van der Waals surface area contributed by atoms with Gasteiger partial charge in [0.1, 0.15) is 4.21 Å². The van der Waals surface area contributed by atoms with Gasteiger partial charge < -0.3 is 5.11 Å². The van der Waals surface area contributed by atoms with E-state index in [0.29, 0.717) is 30.0 Å². The third-order valence-corrected chi connectivity index (χ3v) is 7.61. The lowest BCUT2D eigenvalue weighted by Crippen LogP contribution is -2.55. The molecule has 0 bridgehead atoms. The molecule has 142 valence electrons. The van der Waals surface area contributed by atoms with Gasteiger partial charge >= 0.3 is 0 Å². The van der Waals surface area contributed by atoms with E-state index in [-0.39, 0.29) is 10.1 Å². The topological polar surface area (TPSA) is 66.4 Å². The molecule has 0 saturated heterocycles. The predicted molar refractivity (Wildman–Crippen MR) is 107 cm³/mol. The maximum absolute atomic E-state index is 12.8. The summed E-state index contributed by atoms with van der Waals surface area (Å²) in [6.45, 7) is 11.3. The van der Waals surface area contributed by atoms with E-state index in [1.807, 2.05) is 13.8 Å². The Morgan fingerprint density at radius 1 is 1.32 bits per heavy atom. The second-order valence-electron chi connectivity index (χ2n) is 6.30. The molecule has 25 heavy (non-hydrogen) atoms. The van der Waals surface area contributed by atoms with E-state index in [4.69, 9.17) is 11.6 Å². The largest absolute Gasteiger partial charge is 0.388 e. The molecule has 0 amide bonds. The van der Waals surface area contributed by atoms with E-state index >= 15 is 0 Å². The Hall–Kier alpha value is -0.660. The first-order valence-electron chi connectivity index (χ1n) is 8.42. The summed E-state index contributed by atoms with van der Waals surface area (Å²) < 4.78 is 28.8. The maximum Gasteiger partial charge on any atom is 0.250 e. The molecule has 4 nitrogen and oxygen atoms in total. The second-order valence-corrected chi connectivity index (χ2v) is 9.96. The van der Waals surface area contributed by atoms with Crippen molar-refractivity contribution in [1.29, 1.82) is 0 Å². The molecule has 1 aromatic rings. The first-order valence-corrected chi connectivity index (χ1v) is 11.1. The van der Waals surface area contributed by atoms with Gasteiger partial charge in [-0.15, -0.1) is 24.5 Å². The molecule has 0 aromatic carbocycles. The van der Waals surface area contributed by atoms with E-state index in [0.717, 1.165) is 17.8 Å². The van der Waals surface area contributed by atoms with Crippen molar-refractivity contribution in [3.8, 4) is 0 Å². The summed E-state index contributed by atoms with van der Waals surface area (Å²) in [6.07, 6.45) is 6.30. The monoisotopic (exact) mass is 405 g/mol. The van der Waals surface area contributed by atoms with Gasteiger partial charge in [0.2, 0.25) is 10.0 Å². The van der Waals surface area contributed by atoms with Crippen molar-refractivity contribution in [2.45, 2.75) is 61.8 Å². The van der Waals surface area contributed by atoms with Gasteiger partial charge in [0, 0.05) is 0 Å². The van der Waals surface area contributed by atoms with E-state index in [1.165, 1.54) is 6.07 Å². The van der Waals surface area contributed by atoms with Gasteiger partial charge in [0.25, 0.3) is 0 Å². The summed E-state index contributed by atoms with van der Waals surface area (Å²) in [5, 5.41) is 11.3. The summed E-state index contributed by atoms with van der Waals surface area (Å²) in [6, 6.07) is 2.43. The molecule has 2 atom stereocenters. The highest BCUT2D eigenvalue weighted by Crippen LogP contribution is 2.32. The fourth-order valence-electron chi connectivity index (χ4n) is 2.80. The van der Waals surface area contributed by atoms with Crippen LogP contribution in [0.5, 0.6) is 0 Å². The van der Waals surface area contributed by atoms with Crippen molar-refractivity contribution in [2.24, 2.45) is 5.92 Å². The minimum absolute atomic E-state index is 0.0372. The molecule has 7 heteroatoms. The molecule has 0 fully saturated rings. The molecule has 0 aliphatic carbocycles. The third-order valence-electron chi connectivity index (χ3n) is 4.45. The normalized spacial score (nSPS) is 14.9. The highest BCUT2D eigenvalue weighted by atomic mass is 35.5. The minimum Gasteiger partial charge on any atom is -0.388 e. The maximum atomic E-state index is 12.8. The average molecular weight is 406 g/mol. The van der Waals surface area contributed by atoms with E-state index in [9.17, 15) is 13.5 Å². The molecule has 0 saturated carbocycles. The standard InChI is InChI=1S/C18H28ClNO3S2/c1-5-8-12-18(21,13-9-6-2)17(14(4)7-3)20-25(22,23)16-11-10-15(19)24-16/h5-6,10-11,14,17,20-21H,1-2,7-9,12-13H2,3-4H3/t14-,17-/m0/s1. The SMILES string of the molecule is C=CCCC(O)(CCC=C)[C@@H](NS(=O)(=O)c1ccc(Cl)s1)[C@@H](C)CC. The van der Waals surface area contributed by atoms with Crippen molar-refractivity contribution in [3.05, 3.63) is 41.8 Å². The van der Waals surface area contributed by atoms with Crippen LogP contribution >= 0.6 is 22.9 Å². The highest BCUT2D eigenvalue weighted by Gasteiger charge is 2.41. The van der Waals surface area contributed by atoms with Crippen LogP contribution in [0.3, 0.4) is 0 Å². The van der Waals surface area contributed by atoms with Gasteiger partial charge in [-0.1, -0.05) is 44.0 Å².